The van der Waals surface area contributed by atoms with E-state index in [9.17, 15) is 4.79 Å². The van der Waals surface area contributed by atoms with Gasteiger partial charge in [0.05, 0.1) is 0 Å². The van der Waals surface area contributed by atoms with E-state index in [0.717, 1.165) is 19.3 Å². The summed E-state index contributed by atoms with van der Waals surface area (Å²) >= 11 is 0. The second kappa shape index (κ2) is 3.42. The van der Waals surface area contributed by atoms with Gasteiger partial charge in [0.2, 0.25) is 0 Å². The van der Waals surface area contributed by atoms with Crippen LogP contribution in [-0.2, 0) is 4.79 Å². The lowest BCUT2D eigenvalue weighted by atomic mass is 9.64. The van der Waals surface area contributed by atoms with Crippen LogP contribution in [0.15, 0.2) is 11.6 Å². The molecule has 1 rings (SSSR count). The van der Waals surface area contributed by atoms with Crippen molar-refractivity contribution < 1.29 is 4.79 Å². The molecule has 68 valence electrons. The molecule has 12 heavy (non-hydrogen) atoms. The Morgan fingerprint density at radius 3 is 2.17 bits per heavy atom. The first-order valence-corrected chi connectivity index (χ1v) is 4.71. The van der Waals surface area contributed by atoms with Crippen LogP contribution < -0.4 is 0 Å². The zero-order chi connectivity index (χ0) is 9.19. The number of allylic oxidation sites excluding steroid dienone is 2. The molecule has 0 aromatic rings. The van der Waals surface area contributed by atoms with Crippen molar-refractivity contribution in [3.8, 4) is 0 Å². The molecule has 0 aromatic carbocycles. The third kappa shape index (κ3) is 1.77. The smallest absolute Gasteiger partial charge is 0.136 e. The van der Waals surface area contributed by atoms with E-state index in [-0.39, 0.29) is 5.41 Å². The fourth-order valence-electron chi connectivity index (χ4n) is 1.70. The Morgan fingerprint density at radius 2 is 1.92 bits per heavy atom. The van der Waals surface area contributed by atoms with Gasteiger partial charge < -0.3 is 0 Å². The first kappa shape index (κ1) is 9.50. The quantitative estimate of drug-likeness (QED) is 0.589. The van der Waals surface area contributed by atoms with Crippen LogP contribution in [0.3, 0.4) is 0 Å². The van der Waals surface area contributed by atoms with Crippen LogP contribution in [0.5, 0.6) is 0 Å². The highest BCUT2D eigenvalue weighted by Gasteiger charge is 2.40. The Hall–Kier alpha value is -0.590. The minimum absolute atomic E-state index is 0.0390. The number of Topliss-reactive ketones (excluding diaryl/α,β-unsaturated/α-hetero) is 1. The molecular formula is C11H18O. The van der Waals surface area contributed by atoms with Crippen LogP contribution in [0.4, 0.5) is 0 Å². The first-order valence-electron chi connectivity index (χ1n) is 4.71. The summed E-state index contributed by atoms with van der Waals surface area (Å²) in [5.41, 5.74) is 1.36. The molecule has 0 bridgehead atoms. The van der Waals surface area contributed by atoms with Crippen molar-refractivity contribution in [1.82, 2.24) is 0 Å². The van der Waals surface area contributed by atoms with E-state index < -0.39 is 0 Å². The molecule has 0 atom stereocenters. The van der Waals surface area contributed by atoms with Gasteiger partial charge in [-0.25, -0.2) is 0 Å². The summed E-state index contributed by atoms with van der Waals surface area (Å²) < 4.78 is 0. The molecule has 1 fully saturated rings. The fraction of sp³-hybridized carbons (Fsp3) is 0.727. The summed E-state index contributed by atoms with van der Waals surface area (Å²) in [5.74, 6) is 0.381. The van der Waals surface area contributed by atoms with Gasteiger partial charge in [-0.15, -0.1) is 0 Å². The van der Waals surface area contributed by atoms with E-state index in [0.29, 0.717) is 5.78 Å². The van der Waals surface area contributed by atoms with Crippen molar-refractivity contribution >= 4 is 5.78 Å². The molecule has 1 aliphatic rings. The van der Waals surface area contributed by atoms with Gasteiger partial charge in [-0.1, -0.05) is 18.1 Å². The SMILES string of the molecule is CC(=O)C1(CC=C(C)C)CCC1. The Morgan fingerprint density at radius 1 is 1.33 bits per heavy atom. The second-order valence-electron chi connectivity index (χ2n) is 4.18. The van der Waals surface area contributed by atoms with Crippen LogP contribution in [0.25, 0.3) is 0 Å². The molecule has 1 nitrogen and oxygen atoms in total. The van der Waals surface area contributed by atoms with Crippen molar-refractivity contribution in [2.24, 2.45) is 5.41 Å². The molecule has 0 N–H and O–H groups in total. The maximum absolute atomic E-state index is 11.3. The predicted octanol–water partition coefficient (Wildman–Crippen LogP) is 3.10. The molecule has 1 saturated carbocycles. The number of ketones is 1. The number of hydrogen-bond donors (Lipinski definition) is 0. The fourth-order valence-corrected chi connectivity index (χ4v) is 1.70. The van der Waals surface area contributed by atoms with Gasteiger partial charge in [-0.2, -0.15) is 0 Å². The van der Waals surface area contributed by atoms with Gasteiger partial charge in [0.1, 0.15) is 5.78 Å². The summed E-state index contributed by atoms with van der Waals surface area (Å²) in [7, 11) is 0. The summed E-state index contributed by atoms with van der Waals surface area (Å²) in [6, 6.07) is 0. The van der Waals surface area contributed by atoms with Crippen LogP contribution >= 0.6 is 0 Å². The number of rotatable bonds is 3. The van der Waals surface area contributed by atoms with Crippen molar-refractivity contribution in [2.45, 2.75) is 46.5 Å². The van der Waals surface area contributed by atoms with Crippen LogP contribution in [0.1, 0.15) is 46.5 Å². The van der Waals surface area contributed by atoms with Gasteiger partial charge in [-0.3, -0.25) is 4.79 Å². The van der Waals surface area contributed by atoms with Crippen molar-refractivity contribution in [3.05, 3.63) is 11.6 Å². The molecule has 0 unspecified atom stereocenters. The zero-order valence-corrected chi connectivity index (χ0v) is 8.31. The lowest BCUT2D eigenvalue weighted by Crippen LogP contribution is -2.35. The molecular weight excluding hydrogens is 148 g/mol. The van der Waals surface area contributed by atoms with E-state index in [4.69, 9.17) is 0 Å². The van der Waals surface area contributed by atoms with Gasteiger partial charge in [-0.05, 0) is 40.0 Å². The van der Waals surface area contributed by atoms with Gasteiger partial charge in [0, 0.05) is 5.41 Å². The molecule has 0 amide bonds. The van der Waals surface area contributed by atoms with Gasteiger partial charge >= 0.3 is 0 Å². The highest BCUT2D eigenvalue weighted by Crippen LogP contribution is 2.45. The average molecular weight is 166 g/mol. The van der Waals surface area contributed by atoms with E-state index in [1.807, 2.05) is 0 Å². The Labute approximate surface area is 74.9 Å². The molecule has 0 saturated heterocycles. The summed E-state index contributed by atoms with van der Waals surface area (Å²) in [5, 5.41) is 0. The average Bonchev–Trinajstić information content (AvgIpc) is 1.83. The normalized spacial score (nSPS) is 19.6. The van der Waals surface area contributed by atoms with Crippen molar-refractivity contribution in [1.29, 1.82) is 0 Å². The van der Waals surface area contributed by atoms with E-state index in [1.165, 1.54) is 12.0 Å². The number of carbonyl (C=O) groups is 1. The second-order valence-corrected chi connectivity index (χ2v) is 4.18. The monoisotopic (exact) mass is 166 g/mol. The van der Waals surface area contributed by atoms with E-state index in [2.05, 4.69) is 19.9 Å². The van der Waals surface area contributed by atoms with Crippen molar-refractivity contribution in [3.63, 3.8) is 0 Å². The summed E-state index contributed by atoms with van der Waals surface area (Å²) in [6.45, 7) is 5.91. The summed E-state index contributed by atoms with van der Waals surface area (Å²) in [4.78, 5) is 11.3. The van der Waals surface area contributed by atoms with Crippen LogP contribution in [-0.4, -0.2) is 5.78 Å². The summed E-state index contributed by atoms with van der Waals surface area (Å²) in [6.07, 6.45) is 6.60. The lowest BCUT2D eigenvalue weighted by Gasteiger charge is -2.39. The topological polar surface area (TPSA) is 17.1 Å². The minimum Gasteiger partial charge on any atom is -0.299 e. The Kier molecular flexibility index (Phi) is 2.71. The Bertz CT molecular complexity index is 205. The highest BCUT2D eigenvalue weighted by molar-refractivity contribution is 5.83. The molecule has 0 radical (unpaired) electrons. The molecule has 1 heteroatoms. The molecule has 0 spiro atoms. The predicted molar refractivity (Wildman–Crippen MR) is 51.0 cm³/mol. The third-order valence-electron chi connectivity index (χ3n) is 2.96. The highest BCUT2D eigenvalue weighted by atomic mass is 16.1. The standard InChI is InChI=1S/C11H18O/c1-9(2)5-8-11(10(3)12)6-4-7-11/h5H,4,6-8H2,1-3H3. The lowest BCUT2D eigenvalue weighted by molar-refractivity contribution is -0.131. The third-order valence-corrected chi connectivity index (χ3v) is 2.96. The molecule has 1 aliphatic carbocycles. The number of hydrogen-bond acceptors (Lipinski definition) is 1. The largest absolute Gasteiger partial charge is 0.299 e. The number of carbonyl (C=O) groups excluding carboxylic acids is 1. The molecule has 0 aromatic heterocycles. The van der Waals surface area contributed by atoms with E-state index in [1.54, 1.807) is 6.92 Å². The molecule has 0 heterocycles. The van der Waals surface area contributed by atoms with Gasteiger partial charge in [0.25, 0.3) is 0 Å². The maximum atomic E-state index is 11.3. The van der Waals surface area contributed by atoms with E-state index >= 15 is 0 Å². The first-order chi connectivity index (χ1) is 5.57. The van der Waals surface area contributed by atoms with Gasteiger partial charge in [0.15, 0.2) is 0 Å². The van der Waals surface area contributed by atoms with Crippen LogP contribution in [0, 0.1) is 5.41 Å². The van der Waals surface area contributed by atoms with Crippen LogP contribution in [0.2, 0.25) is 0 Å². The van der Waals surface area contributed by atoms with Crippen molar-refractivity contribution in [2.75, 3.05) is 0 Å². The maximum Gasteiger partial charge on any atom is 0.136 e. The Balaban J connectivity index is 2.57. The minimum atomic E-state index is 0.0390. The molecule has 0 aliphatic heterocycles. The zero-order valence-electron chi connectivity index (χ0n) is 8.31.